The summed E-state index contributed by atoms with van der Waals surface area (Å²) in [7, 11) is 0. The summed E-state index contributed by atoms with van der Waals surface area (Å²) in [5, 5.41) is 3.89. The molecule has 2 N–H and O–H groups in total. The van der Waals surface area contributed by atoms with E-state index in [1.165, 1.54) is 11.8 Å². The first-order valence-corrected chi connectivity index (χ1v) is 9.17. The first-order chi connectivity index (χ1) is 12.4. The van der Waals surface area contributed by atoms with Gasteiger partial charge in [0.1, 0.15) is 5.54 Å². The van der Waals surface area contributed by atoms with Crippen molar-refractivity contribution in [3.05, 3.63) is 65.2 Å². The van der Waals surface area contributed by atoms with Crippen molar-refractivity contribution >= 4 is 41.2 Å². The number of thioether (sulfide) groups is 1. The van der Waals surface area contributed by atoms with Crippen molar-refractivity contribution in [1.29, 1.82) is 0 Å². The molecule has 0 radical (unpaired) electrons. The van der Waals surface area contributed by atoms with E-state index in [0.717, 1.165) is 9.90 Å². The Morgan fingerprint density at radius 2 is 1.81 bits per heavy atom. The number of carbonyl (C=O) groups excluding carboxylic acids is 3. The van der Waals surface area contributed by atoms with E-state index in [1.54, 1.807) is 49.4 Å². The molecule has 2 aromatic carbocycles. The van der Waals surface area contributed by atoms with Crippen LogP contribution in [0.2, 0.25) is 5.02 Å². The van der Waals surface area contributed by atoms with Gasteiger partial charge in [0, 0.05) is 4.90 Å². The molecule has 1 saturated heterocycles. The molecule has 1 fully saturated rings. The first-order valence-electron chi connectivity index (χ1n) is 7.81. The highest BCUT2D eigenvalue weighted by atomic mass is 35.5. The molecule has 1 aliphatic rings. The van der Waals surface area contributed by atoms with Gasteiger partial charge in [0.05, 0.1) is 10.8 Å². The quantitative estimate of drug-likeness (QED) is 0.608. The number of urea groups is 1. The normalized spacial score (nSPS) is 19.4. The maximum Gasteiger partial charge on any atom is 0.344 e. The Kier molecular flexibility index (Phi) is 5.20. The van der Waals surface area contributed by atoms with E-state index in [4.69, 9.17) is 11.6 Å². The number of nitrogens with zero attached hydrogens (tertiary/aromatic N) is 1. The van der Waals surface area contributed by atoms with E-state index in [-0.39, 0.29) is 5.75 Å². The van der Waals surface area contributed by atoms with Crippen LogP contribution in [-0.2, 0) is 15.1 Å². The minimum absolute atomic E-state index is 0.0167. The van der Waals surface area contributed by atoms with Gasteiger partial charge in [-0.15, -0.1) is 11.8 Å². The van der Waals surface area contributed by atoms with E-state index in [1.807, 2.05) is 12.1 Å². The van der Waals surface area contributed by atoms with E-state index in [9.17, 15) is 14.4 Å². The second-order valence-electron chi connectivity index (χ2n) is 5.82. The van der Waals surface area contributed by atoms with Crippen molar-refractivity contribution in [3.8, 4) is 0 Å². The van der Waals surface area contributed by atoms with Gasteiger partial charge in [0.25, 0.3) is 5.91 Å². The number of rotatable bonds is 5. The molecule has 0 aliphatic carbocycles. The number of hydrazine groups is 1. The fraction of sp³-hybridized carbons (Fsp3) is 0.167. The number of benzene rings is 2. The molecular formula is C18H16ClN3O3S. The van der Waals surface area contributed by atoms with Gasteiger partial charge in [-0.05, 0) is 24.6 Å². The molecule has 6 nitrogen and oxygen atoms in total. The lowest BCUT2D eigenvalue weighted by Crippen LogP contribution is -2.48. The summed E-state index contributed by atoms with van der Waals surface area (Å²) in [4.78, 5) is 37.8. The summed E-state index contributed by atoms with van der Waals surface area (Å²) in [5.74, 6) is -0.997. The number of imide groups is 1. The Labute approximate surface area is 159 Å². The summed E-state index contributed by atoms with van der Waals surface area (Å²) in [6.45, 7) is 1.60. The van der Waals surface area contributed by atoms with Gasteiger partial charge in [0.15, 0.2) is 0 Å². The molecule has 2 aromatic rings. The van der Waals surface area contributed by atoms with Crippen molar-refractivity contribution in [2.75, 3.05) is 5.75 Å². The predicted molar refractivity (Wildman–Crippen MR) is 99.5 cm³/mol. The molecule has 0 spiro atoms. The standard InChI is InChI=1S/C18H16ClN3O3S/c1-18(12-7-3-2-4-8-12)16(24)22(17(25)20-18)21-15(23)11-26-14-10-6-5-9-13(14)19/h2-10H,11H2,1H3,(H,20,25)(H,21,23). The molecular weight excluding hydrogens is 374 g/mol. The second kappa shape index (κ2) is 7.39. The molecule has 26 heavy (non-hydrogen) atoms. The summed E-state index contributed by atoms with van der Waals surface area (Å²) in [6.07, 6.45) is 0. The molecule has 1 unspecified atom stereocenters. The van der Waals surface area contributed by atoms with Crippen LogP contribution in [-0.4, -0.2) is 28.6 Å². The van der Waals surface area contributed by atoms with Crippen molar-refractivity contribution in [2.45, 2.75) is 17.4 Å². The Bertz CT molecular complexity index is 862. The molecule has 1 aliphatic heterocycles. The van der Waals surface area contributed by atoms with Crippen LogP contribution in [0, 0.1) is 0 Å². The first kappa shape index (κ1) is 18.3. The summed E-state index contributed by atoms with van der Waals surface area (Å²) >= 11 is 7.27. The van der Waals surface area contributed by atoms with Gasteiger partial charge < -0.3 is 5.32 Å². The molecule has 1 atom stereocenters. The number of nitrogens with one attached hydrogen (secondary N) is 2. The molecule has 134 valence electrons. The average molecular weight is 390 g/mol. The number of hydrogen-bond donors (Lipinski definition) is 2. The van der Waals surface area contributed by atoms with Crippen LogP contribution >= 0.6 is 23.4 Å². The monoisotopic (exact) mass is 389 g/mol. The maximum absolute atomic E-state index is 12.7. The topological polar surface area (TPSA) is 78.5 Å². The van der Waals surface area contributed by atoms with E-state index >= 15 is 0 Å². The summed E-state index contributed by atoms with van der Waals surface area (Å²) < 4.78 is 0. The molecule has 1 heterocycles. The number of hydrogen-bond acceptors (Lipinski definition) is 4. The van der Waals surface area contributed by atoms with Crippen molar-refractivity contribution < 1.29 is 14.4 Å². The summed E-state index contributed by atoms with van der Waals surface area (Å²) in [5.41, 5.74) is 1.78. The largest absolute Gasteiger partial charge is 0.344 e. The van der Waals surface area contributed by atoms with Crippen LogP contribution in [0.3, 0.4) is 0 Å². The van der Waals surface area contributed by atoms with Crippen LogP contribution in [0.1, 0.15) is 12.5 Å². The van der Waals surface area contributed by atoms with Gasteiger partial charge in [-0.3, -0.25) is 15.0 Å². The third kappa shape index (κ3) is 3.54. The minimum atomic E-state index is -1.22. The highest BCUT2D eigenvalue weighted by Crippen LogP contribution is 2.28. The van der Waals surface area contributed by atoms with E-state index < -0.39 is 23.4 Å². The zero-order valence-electron chi connectivity index (χ0n) is 13.9. The van der Waals surface area contributed by atoms with Crippen LogP contribution in [0.15, 0.2) is 59.5 Å². The molecule has 0 saturated carbocycles. The zero-order chi connectivity index (χ0) is 18.7. The fourth-order valence-corrected chi connectivity index (χ4v) is 3.60. The van der Waals surface area contributed by atoms with Crippen molar-refractivity contribution in [2.24, 2.45) is 0 Å². The predicted octanol–water partition coefficient (Wildman–Crippen LogP) is 2.93. The lowest BCUT2D eigenvalue weighted by molar-refractivity contribution is -0.138. The van der Waals surface area contributed by atoms with Gasteiger partial charge >= 0.3 is 6.03 Å². The lowest BCUT2D eigenvalue weighted by atomic mass is 9.92. The molecule has 8 heteroatoms. The molecule has 3 rings (SSSR count). The van der Waals surface area contributed by atoms with Crippen molar-refractivity contribution in [3.63, 3.8) is 0 Å². The Morgan fingerprint density at radius 1 is 1.15 bits per heavy atom. The second-order valence-corrected chi connectivity index (χ2v) is 7.24. The van der Waals surface area contributed by atoms with E-state index in [2.05, 4.69) is 10.7 Å². The third-order valence-corrected chi connectivity index (χ3v) is 5.49. The molecule has 4 amide bonds. The molecule has 0 bridgehead atoms. The van der Waals surface area contributed by atoms with Gasteiger partial charge in [-0.1, -0.05) is 54.1 Å². The van der Waals surface area contributed by atoms with Crippen LogP contribution in [0.25, 0.3) is 0 Å². The third-order valence-electron chi connectivity index (χ3n) is 3.97. The fourth-order valence-electron chi connectivity index (χ4n) is 2.57. The minimum Gasteiger partial charge on any atom is -0.318 e. The smallest absolute Gasteiger partial charge is 0.318 e. The van der Waals surface area contributed by atoms with Gasteiger partial charge in [0.2, 0.25) is 5.91 Å². The highest BCUT2D eigenvalue weighted by Gasteiger charge is 2.49. The number of halogens is 1. The Morgan fingerprint density at radius 3 is 2.50 bits per heavy atom. The maximum atomic E-state index is 12.7. The molecule has 0 aromatic heterocycles. The van der Waals surface area contributed by atoms with Crippen molar-refractivity contribution in [1.82, 2.24) is 15.8 Å². The Hall–Kier alpha value is -2.51. The number of amides is 4. The zero-order valence-corrected chi connectivity index (χ0v) is 15.4. The van der Waals surface area contributed by atoms with Gasteiger partial charge in [-0.25, -0.2) is 4.79 Å². The van der Waals surface area contributed by atoms with Gasteiger partial charge in [-0.2, -0.15) is 5.01 Å². The van der Waals surface area contributed by atoms with E-state index in [0.29, 0.717) is 10.6 Å². The SMILES string of the molecule is CC1(c2ccccc2)NC(=O)N(NC(=O)CSc2ccccc2Cl)C1=O. The van der Waals surface area contributed by atoms with Crippen LogP contribution in [0.4, 0.5) is 4.79 Å². The lowest BCUT2D eigenvalue weighted by Gasteiger charge is -2.22. The van der Waals surface area contributed by atoms with Crippen LogP contribution < -0.4 is 10.7 Å². The summed E-state index contributed by atoms with van der Waals surface area (Å²) in [6, 6.07) is 15.3. The van der Waals surface area contributed by atoms with Crippen LogP contribution in [0.5, 0.6) is 0 Å². The average Bonchev–Trinajstić information content (AvgIpc) is 2.86. The highest BCUT2D eigenvalue weighted by molar-refractivity contribution is 8.00. The number of carbonyl (C=O) groups is 3. The Balaban J connectivity index is 1.66.